The van der Waals surface area contributed by atoms with E-state index in [0.717, 1.165) is 43.3 Å². The van der Waals surface area contributed by atoms with Crippen LogP contribution in [0.15, 0.2) is 36.4 Å². The molecule has 0 fully saturated rings. The number of hydrogen-bond acceptors (Lipinski definition) is 5. The standard InChI is InChI=1S/C18H27N5/c1-5-23(6-2)17-14-16(15-10-8-7-9-11-15)20-18(21-17)19-12-13-22(3)4/h7-11,14H,5-6,12-13H2,1-4H3,(H,19,20,21). The molecule has 0 amide bonds. The van der Waals surface area contributed by atoms with Gasteiger partial charge in [-0.3, -0.25) is 0 Å². The molecule has 0 saturated heterocycles. The summed E-state index contributed by atoms with van der Waals surface area (Å²) in [5.74, 6) is 1.66. The van der Waals surface area contributed by atoms with E-state index in [-0.39, 0.29) is 0 Å². The number of aromatic nitrogens is 2. The molecule has 5 nitrogen and oxygen atoms in total. The summed E-state index contributed by atoms with van der Waals surface area (Å²) in [6.45, 7) is 7.92. The van der Waals surface area contributed by atoms with Gasteiger partial charge < -0.3 is 15.1 Å². The second kappa shape index (κ2) is 8.48. The largest absolute Gasteiger partial charge is 0.357 e. The van der Waals surface area contributed by atoms with Crippen molar-refractivity contribution in [3.05, 3.63) is 36.4 Å². The molecule has 0 aliphatic rings. The highest BCUT2D eigenvalue weighted by Gasteiger charge is 2.10. The first-order valence-corrected chi connectivity index (χ1v) is 8.22. The van der Waals surface area contributed by atoms with Gasteiger partial charge in [0.15, 0.2) is 0 Å². The minimum atomic E-state index is 0.690. The molecule has 0 unspecified atom stereocenters. The number of rotatable bonds is 8. The number of nitrogens with one attached hydrogen (secondary N) is 1. The van der Waals surface area contributed by atoms with Gasteiger partial charge in [-0.05, 0) is 27.9 Å². The molecule has 2 rings (SSSR count). The van der Waals surface area contributed by atoms with Gasteiger partial charge in [0, 0.05) is 37.8 Å². The maximum atomic E-state index is 4.68. The number of anilines is 2. The van der Waals surface area contributed by atoms with Gasteiger partial charge in [0.05, 0.1) is 5.69 Å². The lowest BCUT2D eigenvalue weighted by molar-refractivity contribution is 0.425. The van der Waals surface area contributed by atoms with Crippen LogP contribution in [-0.2, 0) is 0 Å². The van der Waals surface area contributed by atoms with Crippen LogP contribution in [0.2, 0.25) is 0 Å². The molecule has 23 heavy (non-hydrogen) atoms. The summed E-state index contributed by atoms with van der Waals surface area (Å²) in [5, 5.41) is 3.34. The maximum Gasteiger partial charge on any atom is 0.225 e. The number of benzene rings is 1. The van der Waals surface area contributed by atoms with E-state index in [9.17, 15) is 0 Å². The van der Waals surface area contributed by atoms with Gasteiger partial charge >= 0.3 is 0 Å². The summed E-state index contributed by atoms with van der Waals surface area (Å²) in [6, 6.07) is 12.3. The topological polar surface area (TPSA) is 44.3 Å². The first kappa shape index (κ1) is 17.2. The summed E-state index contributed by atoms with van der Waals surface area (Å²) in [5.41, 5.74) is 2.06. The van der Waals surface area contributed by atoms with Crippen LogP contribution in [0.5, 0.6) is 0 Å². The zero-order valence-electron chi connectivity index (χ0n) is 14.6. The van der Waals surface area contributed by atoms with Gasteiger partial charge in [0.25, 0.3) is 0 Å². The Morgan fingerprint density at radius 3 is 2.30 bits per heavy atom. The third-order valence-electron chi connectivity index (χ3n) is 3.71. The summed E-state index contributed by atoms with van der Waals surface area (Å²) < 4.78 is 0. The molecular weight excluding hydrogens is 286 g/mol. The summed E-state index contributed by atoms with van der Waals surface area (Å²) in [6.07, 6.45) is 0. The Morgan fingerprint density at radius 2 is 1.70 bits per heavy atom. The van der Waals surface area contributed by atoms with Gasteiger partial charge in [0.2, 0.25) is 5.95 Å². The Balaban J connectivity index is 2.31. The molecular formula is C18H27N5. The molecule has 0 bridgehead atoms. The molecule has 1 aromatic carbocycles. The normalized spacial score (nSPS) is 10.8. The SMILES string of the molecule is CCN(CC)c1cc(-c2ccccc2)nc(NCCN(C)C)n1. The number of likely N-dealkylation sites (N-methyl/N-ethyl adjacent to an activating group) is 1. The Hall–Kier alpha value is -2.14. The van der Waals surface area contributed by atoms with Crippen molar-refractivity contribution in [3.8, 4) is 11.3 Å². The van der Waals surface area contributed by atoms with Crippen LogP contribution in [0.4, 0.5) is 11.8 Å². The molecule has 0 atom stereocenters. The minimum absolute atomic E-state index is 0.690. The van der Waals surface area contributed by atoms with Gasteiger partial charge in [-0.2, -0.15) is 4.98 Å². The predicted molar refractivity (Wildman–Crippen MR) is 98.1 cm³/mol. The van der Waals surface area contributed by atoms with Crippen LogP contribution >= 0.6 is 0 Å². The van der Waals surface area contributed by atoms with Crippen molar-refractivity contribution in [1.82, 2.24) is 14.9 Å². The van der Waals surface area contributed by atoms with Crippen molar-refractivity contribution in [1.29, 1.82) is 0 Å². The zero-order valence-corrected chi connectivity index (χ0v) is 14.6. The number of nitrogens with zero attached hydrogens (tertiary/aromatic N) is 4. The van der Waals surface area contributed by atoms with E-state index in [4.69, 9.17) is 0 Å². The van der Waals surface area contributed by atoms with Crippen LogP contribution in [-0.4, -0.2) is 55.1 Å². The van der Waals surface area contributed by atoms with Gasteiger partial charge in [-0.15, -0.1) is 0 Å². The molecule has 0 saturated carbocycles. The van der Waals surface area contributed by atoms with E-state index in [1.807, 2.05) is 18.2 Å². The molecule has 1 heterocycles. The van der Waals surface area contributed by atoms with Crippen LogP contribution in [0, 0.1) is 0 Å². The van der Waals surface area contributed by atoms with Crippen molar-refractivity contribution in [2.24, 2.45) is 0 Å². The van der Waals surface area contributed by atoms with E-state index in [1.165, 1.54) is 0 Å². The zero-order chi connectivity index (χ0) is 16.7. The first-order valence-electron chi connectivity index (χ1n) is 8.22. The van der Waals surface area contributed by atoms with E-state index < -0.39 is 0 Å². The van der Waals surface area contributed by atoms with Gasteiger partial charge in [0.1, 0.15) is 5.82 Å². The average Bonchev–Trinajstić information content (AvgIpc) is 2.56. The van der Waals surface area contributed by atoms with E-state index >= 15 is 0 Å². The molecule has 1 aromatic heterocycles. The summed E-state index contributed by atoms with van der Waals surface area (Å²) in [4.78, 5) is 13.7. The fourth-order valence-corrected chi connectivity index (χ4v) is 2.37. The van der Waals surface area contributed by atoms with Crippen LogP contribution in [0.1, 0.15) is 13.8 Å². The Morgan fingerprint density at radius 1 is 1.00 bits per heavy atom. The van der Waals surface area contributed by atoms with Crippen molar-refractivity contribution in [3.63, 3.8) is 0 Å². The Kier molecular flexibility index (Phi) is 6.35. The van der Waals surface area contributed by atoms with Crippen molar-refractivity contribution >= 4 is 11.8 Å². The first-order chi connectivity index (χ1) is 11.1. The van der Waals surface area contributed by atoms with Crippen molar-refractivity contribution in [2.45, 2.75) is 13.8 Å². The molecule has 5 heteroatoms. The minimum Gasteiger partial charge on any atom is -0.357 e. The van der Waals surface area contributed by atoms with Crippen molar-refractivity contribution < 1.29 is 0 Å². The van der Waals surface area contributed by atoms with Crippen LogP contribution < -0.4 is 10.2 Å². The number of hydrogen-bond donors (Lipinski definition) is 1. The highest BCUT2D eigenvalue weighted by Crippen LogP contribution is 2.23. The van der Waals surface area contributed by atoms with E-state index in [0.29, 0.717) is 5.95 Å². The third-order valence-corrected chi connectivity index (χ3v) is 3.71. The Bertz CT molecular complexity index is 594. The van der Waals surface area contributed by atoms with Gasteiger partial charge in [-0.25, -0.2) is 4.98 Å². The molecule has 0 spiro atoms. The van der Waals surface area contributed by atoms with Crippen molar-refractivity contribution in [2.75, 3.05) is 50.5 Å². The lowest BCUT2D eigenvalue weighted by Gasteiger charge is -2.21. The highest BCUT2D eigenvalue weighted by molar-refractivity contribution is 5.64. The fourth-order valence-electron chi connectivity index (χ4n) is 2.37. The van der Waals surface area contributed by atoms with E-state index in [2.05, 4.69) is 71.2 Å². The predicted octanol–water partition coefficient (Wildman–Crippen LogP) is 2.96. The summed E-state index contributed by atoms with van der Waals surface area (Å²) >= 11 is 0. The summed E-state index contributed by atoms with van der Waals surface area (Å²) in [7, 11) is 4.12. The molecule has 124 valence electrons. The molecule has 0 aliphatic carbocycles. The lowest BCUT2D eigenvalue weighted by Crippen LogP contribution is -2.25. The maximum absolute atomic E-state index is 4.68. The molecule has 1 N–H and O–H groups in total. The highest BCUT2D eigenvalue weighted by atomic mass is 15.2. The van der Waals surface area contributed by atoms with Crippen LogP contribution in [0.3, 0.4) is 0 Å². The quantitative estimate of drug-likeness (QED) is 0.812. The second-order valence-electron chi connectivity index (χ2n) is 5.70. The monoisotopic (exact) mass is 313 g/mol. The Labute approximate surface area is 139 Å². The van der Waals surface area contributed by atoms with E-state index in [1.54, 1.807) is 0 Å². The molecule has 2 aromatic rings. The molecule has 0 aliphatic heterocycles. The molecule has 0 radical (unpaired) electrons. The lowest BCUT2D eigenvalue weighted by atomic mass is 10.1. The van der Waals surface area contributed by atoms with Gasteiger partial charge in [-0.1, -0.05) is 30.3 Å². The van der Waals surface area contributed by atoms with Crippen LogP contribution in [0.25, 0.3) is 11.3 Å². The fraction of sp³-hybridized carbons (Fsp3) is 0.444. The average molecular weight is 313 g/mol. The second-order valence-corrected chi connectivity index (χ2v) is 5.70. The smallest absolute Gasteiger partial charge is 0.225 e. The third kappa shape index (κ3) is 4.93.